The third-order valence-corrected chi connectivity index (χ3v) is 3.77. The van der Waals surface area contributed by atoms with Gasteiger partial charge in [-0.1, -0.05) is 0 Å². The second kappa shape index (κ2) is 7.47. The van der Waals surface area contributed by atoms with Crippen LogP contribution in [-0.2, 0) is 11.3 Å². The van der Waals surface area contributed by atoms with Crippen molar-refractivity contribution in [3.8, 4) is 10.6 Å². The number of benzene rings is 1. The van der Waals surface area contributed by atoms with Gasteiger partial charge in [0.2, 0.25) is 0 Å². The molecular formula is C15H19FN2OS. The third kappa shape index (κ3) is 4.37. The van der Waals surface area contributed by atoms with Crippen LogP contribution in [0.15, 0.2) is 29.6 Å². The Morgan fingerprint density at radius 2 is 2.10 bits per heavy atom. The molecule has 1 unspecified atom stereocenters. The molecule has 0 saturated heterocycles. The summed E-state index contributed by atoms with van der Waals surface area (Å²) in [7, 11) is 0. The Labute approximate surface area is 122 Å². The van der Waals surface area contributed by atoms with Gasteiger partial charge in [-0.15, -0.1) is 11.3 Å². The summed E-state index contributed by atoms with van der Waals surface area (Å²) >= 11 is 1.57. The molecule has 5 heteroatoms. The number of nitrogens with zero attached hydrogens (tertiary/aromatic N) is 1. The lowest BCUT2D eigenvalue weighted by molar-refractivity contribution is 0.0759. The molecule has 3 nitrogen and oxygen atoms in total. The first-order valence-electron chi connectivity index (χ1n) is 6.71. The Morgan fingerprint density at radius 1 is 1.35 bits per heavy atom. The minimum absolute atomic E-state index is 0.204. The van der Waals surface area contributed by atoms with Gasteiger partial charge >= 0.3 is 0 Å². The van der Waals surface area contributed by atoms with E-state index < -0.39 is 0 Å². The molecule has 1 atom stereocenters. The first kappa shape index (κ1) is 15.1. The van der Waals surface area contributed by atoms with Gasteiger partial charge in [0.1, 0.15) is 10.8 Å². The molecule has 20 heavy (non-hydrogen) atoms. The van der Waals surface area contributed by atoms with E-state index in [-0.39, 0.29) is 11.9 Å². The van der Waals surface area contributed by atoms with E-state index in [2.05, 4.69) is 10.3 Å². The number of rotatable bonds is 7. The Hall–Kier alpha value is -1.30. The number of halogens is 1. The van der Waals surface area contributed by atoms with E-state index >= 15 is 0 Å². The lowest BCUT2D eigenvalue weighted by Gasteiger charge is -2.11. The van der Waals surface area contributed by atoms with E-state index in [1.807, 2.05) is 19.2 Å². The monoisotopic (exact) mass is 294 g/mol. The van der Waals surface area contributed by atoms with Crippen LogP contribution in [0, 0.1) is 5.82 Å². The molecule has 1 heterocycles. The average molecular weight is 294 g/mol. The van der Waals surface area contributed by atoms with Crippen molar-refractivity contribution >= 4 is 11.3 Å². The van der Waals surface area contributed by atoms with Crippen LogP contribution in [0.5, 0.6) is 0 Å². The molecular weight excluding hydrogens is 275 g/mol. The summed E-state index contributed by atoms with van der Waals surface area (Å²) in [5.74, 6) is -0.225. The van der Waals surface area contributed by atoms with E-state index in [9.17, 15) is 4.39 Å². The minimum Gasteiger partial charge on any atom is -0.377 e. The van der Waals surface area contributed by atoms with Crippen LogP contribution in [-0.4, -0.2) is 24.2 Å². The first-order chi connectivity index (χ1) is 9.69. The number of hydrogen-bond donors (Lipinski definition) is 1. The van der Waals surface area contributed by atoms with Crippen LogP contribution in [0.3, 0.4) is 0 Å². The Balaban J connectivity index is 1.87. The molecule has 1 aromatic heterocycles. The van der Waals surface area contributed by atoms with Crippen molar-refractivity contribution < 1.29 is 9.13 Å². The molecule has 0 spiro atoms. The predicted octanol–water partition coefficient (Wildman–Crippen LogP) is 3.46. The lowest BCUT2D eigenvalue weighted by Crippen LogP contribution is -2.26. The van der Waals surface area contributed by atoms with Gasteiger partial charge in [-0.3, -0.25) is 0 Å². The minimum atomic E-state index is -0.225. The van der Waals surface area contributed by atoms with E-state index in [1.165, 1.54) is 12.1 Å². The largest absolute Gasteiger partial charge is 0.377 e. The lowest BCUT2D eigenvalue weighted by atomic mass is 10.2. The first-order valence-corrected chi connectivity index (χ1v) is 7.59. The standard InChI is InChI=1S/C15H19FN2OS/c1-3-19-11(2)8-17-9-14-10-20-15(18-14)12-4-6-13(16)7-5-12/h4-7,10-11,17H,3,8-9H2,1-2H3. The molecule has 0 amide bonds. The van der Waals surface area contributed by atoms with Gasteiger partial charge in [0.05, 0.1) is 11.8 Å². The Morgan fingerprint density at radius 3 is 2.80 bits per heavy atom. The molecule has 0 radical (unpaired) electrons. The van der Waals surface area contributed by atoms with Crippen LogP contribution in [0.1, 0.15) is 19.5 Å². The fourth-order valence-corrected chi connectivity index (χ4v) is 2.69. The topological polar surface area (TPSA) is 34.1 Å². The maximum Gasteiger partial charge on any atom is 0.123 e. The van der Waals surface area contributed by atoms with Gasteiger partial charge in [-0.25, -0.2) is 9.37 Å². The van der Waals surface area contributed by atoms with Crippen LogP contribution in [0.4, 0.5) is 4.39 Å². The third-order valence-electron chi connectivity index (χ3n) is 2.83. The zero-order chi connectivity index (χ0) is 14.4. The molecule has 2 aromatic rings. The van der Waals surface area contributed by atoms with Gasteiger partial charge in [0, 0.05) is 30.6 Å². The highest BCUT2D eigenvalue weighted by Crippen LogP contribution is 2.23. The average Bonchev–Trinajstić information content (AvgIpc) is 2.89. The number of thiazole rings is 1. The summed E-state index contributed by atoms with van der Waals surface area (Å²) in [5, 5.41) is 6.26. The van der Waals surface area contributed by atoms with Gasteiger partial charge < -0.3 is 10.1 Å². The quantitative estimate of drug-likeness (QED) is 0.849. The van der Waals surface area contributed by atoms with Crippen molar-refractivity contribution in [2.24, 2.45) is 0 Å². The maximum atomic E-state index is 12.9. The second-order valence-electron chi connectivity index (χ2n) is 4.55. The Kier molecular flexibility index (Phi) is 5.64. The maximum absolute atomic E-state index is 12.9. The number of nitrogens with one attached hydrogen (secondary N) is 1. The summed E-state index contributed by atoms with van der Waals surface area (Å²) in [5.41, 5.74) is 1.95. The number of hydrogen-bond acceptors (Lipinski definition) is 4. The zero-order valence-corrected chi connectivity index (χ0v) is 12.5. The van der Waals surface area contributed by atoms with Crippen LogP contribution in [0.25, 0.3) is 10.6 Å². The summed E-state index contributed by atoms with van der Waals surface area (Å²) in [6, 6.07) is 6.42. The molecule has 0 bridgehead atoms. The second-order valence-corrected chi connectivity index (χ2v) is 5.41. The van der Waals surface area contributed by atoms with E-state index in [0.29, 0.717) is 0 Å². The highest BCUT2D eigenvalue weighted by molar-refractivity contribution is 7.13. The summed E-state index contributed by atoms with van der Waals surface area (Å²) in [4.78, 5) is 4.55. The summed E-state index contributed by atoms with van der Waals surface area (Å²) in [6.45, 7) is 6.29. The molecule has 2 rings (SSSR count). The molecule has 0 aliphatic carbocycles. The van der Waals surface area contributed by atoms with Crippen LogP contribution >= 0.6 is 11.3 Å². The molecule has 0 aliphatic rings. The van der Waals surface area contributed by atoms with Gasteiger partial charge in [-0.05, 0) is 38.1 Å². The number of ether oxygens (including phenoxy) is 1. The SMILES string of the molecule is CCOC(C)CNCc1csc(-c2ccc(F)cc2)n1. The normalized spacial score (nSPS) is 12.6. The van der Waals surface area contributed by atoms with Crippen molar-refractivity contribution in [1.82, 2.24) is 10.3 Å². The molecule has 108 valence electrons. The zero-order valence-electron chi connectivity index (χ0n) is 11.7. The molecule has 1 aromatic carbocycles. The van der Waals surface area contributed by atoms with E-state index in [1.54, 1.807) is 23.5 Å². The molecule has 1 N–H and O–H groups in total. The molecule has 0 saturated carbocycles. The summed E-state index contributed by atoms with van der Waals surface area (Å²) in [6.07, 6.45) is 0.204. The van der Waals surface area contributed by atoms with Crippen LogP contribution < -0.4 is 5.32 Å². The van der Waals surface area contributed by atoms with Crippen molar-refractivity contribution in [3.63, 3.8) is 0 Å². The highest BCUT2D eigenvalue weighted by atomic mass is 32.1. The van der Waals surface area contributed by atoms with Crippen molar-refractivity contribution in [2.45, 2.75) is 26.5 Å². The molecule has 0 aliphatic heterocycles. The highest BCUT2D eigenvalue weighted by Gasteiger charge is 2.06. The van der Waals surface area contributed by atoms with E-state index in [0.717, 1.165) is 36.0 Å². The smallest absolute Gasteiger partial charge is 0.123 e. The number of aromatic nitrogens is 1. The van der Waals surface area contributed by atoms with Crippen molar-refractivity contribution in [1.29, 1.82) is 0 Å². The van der Waals surface area contributed by atoms with E-state index in [4.69, 9.17) is 4.74 Å². The van der Waals surface area contributed by atoms with Gasteiger partial charge in [-0.2, -0.15) is 0 Å². The fourth-order valence-electron chi connectivity index (χ4n) is 1.86. The predicted molar refractivity (Wildman–Crippen MR) is 80.3 cm³/mol. The van der Waals surface area contributed by atoms with Crippen molar-refractivity contribution in [2.75, 3.05) is 13.2 Å². The van der Waals surface area contributed by atoms with Gasteiger partial charge in [0.25, 0.3) is 0 Å². The molecule has 0 fully saturated rings. The fraction of sp³-hybridized carbons (Fsp3) is 0.400. The van der Waals surface area contributed by atoms with Crippen LogP contribution in [0.2, 0.25) is 0 Å². The summed E-state index contributed by atoms with van der Waals surface area (Å²) < 4.78 is 18.3. The Bertz CT molecular complexity index is 527. The van der Waals surface area contributed by atoms with Crippen molar-refractivity contribution in [3.05, 3.63) is 41.2 Å². The van der Waals surface area contributed by atoms with Gasteiger partial charge in [0.15, 0.2) is 0 Å².